The van der Waals surface area contributed by atoms with Gasteiger partial charge in [0.05, 0.1) is 0 Å². The minimum absolute atomic E-state index is 0.0638. The minimum Gasteiger partial charge on any atom is -0.462 e. The molecule has 0 aromatic heterocycles. The van der Waals surface area contributed by atoms with Crippen molar-refractivity contribution >= 4 is 17.9 Å². The first-order valence-corrected chi connectivity index (χ1v) is 37.7. The number of ether oxygens (including phenoxy) is 3. The first-order valence-electron chi connectivity index (χ1n) is 37.7. The number of allylic oxidation sites excluding steroid dienone is 2. The number of esters is 3. The zero-order valence-electron chi connectivity index (χ0n) is 56.1. The van der Waals surface area contributed by atoms with E-state index in [9.17, 15) is 14.4 Å². The quantitative estimate of drug-likeness (QED) is 0.0261. The van der Waals surface area contributed by atoms with Crippen LogP contribution in [-0.4, -0.2) is 37.2 Å². The number of unbranched alkanes of at least 4 members (excludes halogenated alkanes) is 58. The molecule has 0 bridgehead atoms. The summed E-state index contributed by atoms with van der Waals surface area (Å²) < 4.78 is 16.9. The molecule has 0 aromatic carbocycles. The van der Waals surface area contributed by atoms with Gasteiger partial charge in [-0.15, -0.1) is 0 Å². The molecule has 0 aliphatic rings. The summed E-state index contributed by atoms with van der Waals surface area (Å²) in [6, 6.07) is 0. The van der Waals surface area contributed by atoms with E-state index in [2.05, 4.69) is 32.9 Å². The predicted octanol–water partition coefficient (Wildman–Crippen LogP) is 26.0. The molecule has 0 radical (unpaired) electrons. The van der Waals surface area contributed by atoms with Gasteiger partial charge in [-0.25, -0.2) is 0 Å². The highest BCUT2D eigenvalue weighted by molar-refractivity contribution is 5.71. The Kier molecular flexibility index (Phi) is 70.0. The highest BCUT2D eigenvalue weighted by Gasteiger charge is 2.20. The van der Waals surface area contributed by atoms with Crippen LogP contribution in [-0.2, 0) is 28.6 Å². The van der Waals surface area contributed by atoms with Gasteiger partial charge in [-0.3, -0.25) is 14.4 Å². The van der Waals surface area contributed by atoms with Crippen LogP contribution in [0.15, 0.2) is 12.2 Å². The molecular weight excluding hydrogens is 1010 g/mol. The van der Waals surface area contributed by atoms with E-state index in [0.29, 0.717) is 19.3 Å². The van der Waals surface area contributed by atoms with Crippen LogP contribution >= 0.6 is 0 Å². The second kappa shape index (κ2) is 71.6. The Labute approximate surface area is 513 Å². The smallest absolute Gasteiger partial charge is 0.306 e. The Balaban J connectivity index is 3.97. The maximum absolute atomic E-state index is 12.9. The highest BCUT2D eigenvalue weighted by Crippen LogP contribution is 2.20. The molecule has 0 N–H and O–H groups in total. The van der Waals surface area contributed by atoms with Crippen molar-refractivity contribution in [1.82, 2.24) is 0 Å². The molecular formula is C76H146O6. The number of rotatable bonds is 71. The monoisotopic (exact) mass is 1160 g/mol. The third-order valence-corrected chi connectivity index (χ3v) is 17.5. The van der Waals surface area contributed by atoms with Gasteiger partial charge in [0.1, 0.15) is 13.2 Å². The molecule has 1 atom stereocenters. The van der Waals surface area contributed by atoms with Crippen molar-refractivity contribution in [2.24, 2.45) is 0 Å². The Morgan fingerprint density at radius 1 is 0.232 bits per heavy atom. The largest absolute Gasteiger partial charge is 0.462 e. The average Bonchev–Trinajstić information content (AvgIpc) is 3.47. The van der Waals surface area contributed by atoms with Gasteiger partial charge in [-0.05, 0) is 44.9 Å². The number of carbonyl (C=O) groups excluding carboxylic acids is 3. The van der Waals surface area contributed by atoms with Crippen molar-refractivity contribution in [3.63, 3.8) is 0 Å². The van der Waals surface area contributed by atoms with Gasteiger partial charge in [0.2, 0.25) is 0 Å². The molecule has 0 rings (SSSR count). The summed E-state index contributed by atoms with van der Waals surface area (Å²) in [7, 11) is 0. The van der Waals surface area contributed by atoms with Crippen molar-refractivity contribution < 1.29 is 28.6 Å². The molecule has 0 saturated carbocycles. The zero-order chi connectivity index (χ0) is 59.2. The summed E-state index contributed by atoms with van der Waals surface area (Å²) >= 11 is 0. The van der Waals surface area contributed by atoms with E-state index in [1.165, 1.54) is 340 Å². The highest BCUT2D eigenvalue weighted by atomic mass is 16.6. The van der Waals surface area contributed by atoms with Crippen LogP contribution in [0, 0.1) is 0 Å². The Bertz CT molecular complexity index is 1280. The lowest BCUT2D eigenvalue weighted by molar-refractivity contribution is -0.167. The second-order valence-electron chi connectivity index (χ2n) is 25.9. The normalized spacial score (nSPS) is 12.0. The first-order chi connectivity index (χ1) is 40.5. The Morgan fingerprint density at radius 3 is 0.610 bits per heavy atom. The van der Waals surface area contributed by atoms with Crippen molar-refractivity contribution in [3.05, 3.63) is 12.2 Å². The fourth-order valence-corrected chi connectivity index (χ4v) is 11.9. The topological polar surface area (TPSA) is 78.9 Å². The summed E-state index contributed by atoms with van der Waals surface area (Å²) in [6.07, 6.45) is 87.3. The van der Waals surface area contributed by atoms with Gasteiger partial charge in [-0.1, -0.05) is 386 Å². The van der Waals surface area contributed by atoms with Crippen LogP contribution in [0.3, 0.4) is 0 Å². The van der Waals surface area contributed by atoms with E-state index in [4.69, 9.17) is 14.2 Å². The molecule has 0 spiro atoms. The molecule has 6 nitrogen and oxygen atoms in total. The Hall–Kier alpha value is -1.85. The molecule has 486 valence electrons. The molecule has 0 aliphatic carbocycles. The third kappa shape index (κ3) is 68.9. The number of hydrogen-bond donors (Lipinski definition) is 0. The molecule has 0 aromatic rings. The zero-order valence-corrected chi connectivity index (χ0v) is 56.1. The van der Waals surface area contributed by atoms with Crippen LogP contribution in [0.1, 0.15) is 438 Å². The van der Waals surface area contributed by atoms with Gasteiger partial charge >= 0.3 is 17.9 Å². The van der Waals surface area contributed by atoms with Crippen LogP contribution < -0.4 is 0 Å². The van der Waals surface area contributed by atoms with Crippen LogP contribution in [0.2, 0.25) is 0 Å². The lowest BCUT2D eigenvalue weighted by atomic mass is 10.0. The molecule has 6 heteroatoms. The van der Waals surface area contributed by atoms with Gasteiger partial charge in [-0.2, -0.15) is 0 Å². The maximum Gasteiger partial charge on any atom is 0.306 e. The standard InChI is InChI=1S/C76H146O6/c1-4-7-10-13-16-19-21-23-25-27-29-31-33-34-35-36-37-38-39-40-41-42-44-45-47-49-51-53-55-57-60-63-66-69-75(78)81-72-73(71-80-74(77)68-65-62-59-18-15-12-9-6-3)82-76(79)70-67-64-61-58-56-54-52-50-48-46-43-32-30-28-26-24-22-20-17-14-11-8-5-2/h28,30,73H,4-27,29,31-72H2,1-3H3/b30-28-. The van der Waals surface area contributed by atoms with Gasteiger partial charge < -0.3 is 14.2 Å². The van der Waals surface area contributed by atoms with Crippen LogP contribution in [0.25, 0.3) is 0 Å². The summed E-state index contributed by atoms with van der Waals surface area (Å²) in [5.41, 5.74) is 0. The summed E-state index contributed by atoms with van der Waals surface area (Å²) in [4.78, 5) is 38.3. The summed E-state index contributed by atoms with van der Waals surface area (Å²) in [6.45, 7) is 6.70. The Morgan fingerprint density at radius 2 is 0.402 bits per heavy atom. The first kappa shape index (κ1) is 80.2. The molecule has 0 heterocycles. The molecule has 0 fully saturated rings. The molecule has 82 heavy (non-hydrogen) atoms. The van der Waals surface area contributed by atoms with Crippen molar-refractivity contribution in [1.29, 1.82) is 0 Å². The van der Waals surface area contributed by atoms with Crippen molar-refractivity contribution in [2.75, 3.05) is 13.2 Å². The molecule has 1 unspecified atom stereocenters. The third-order valence-electron chi connectivity index (χ3n) is 17.5. The second-order valence-corrected chi connectivity index (χ2v) is 25.9. The molecule has 0 amide bonds. The van der Waals surface area contributed by atoms with Crippen LogP contribution in [0.5, 0.6) is 0 Å². The fraction of sp³-hybridized carbons (Fsp3) is 0.934. The van der Waals surface area contributed by atoms with Gasteiger partial charge in [0.25, 0.3) is 0 Å². The number of carbonyl (C=O) groups is 3. The summed E-state index contributed by atoms with van der Waals surface area (Å²) in [5.74, 6) is -0.836. The summed E-state index contributed by atoms with van der Waals surface area (Å²) in [5, 5.41) is 0. The van der Waals surface area contributed by atoms with E-state index in [1.807, 2.05) is 0 Å². The minimum atomic E-state index is -0.766. The van der Waals surface area contributed by atoms with Gasteiger partial charge in [0, 0.05) is 19.3 Å². The number of hydrogen-bond acceptors (Lipinski definition) is 6. The van der Waals surface area contributed by atoms with E-state index in [0.717, 1.165) is 57.8 Å². The average molecular weight is 1160 g/mol. The van der Waals surface area contributed by atoms with Gasteiger partial charge in [0.15, 0.2) is 6.10 Å². The van der Waals surface area contributed by atoms with Crippen LogP contribution in [0.4, 0.5) is 0 Å². The van der Waals surface area contributed by atoms with E-state index < -0.39 is 6.10 Å². The van der Waals surface area contributed by atoms with E-state index >= 15 is 0 Å². The van der Waals surface area contributed by atoms with Crippen molar-refractivity contribution in [2.45, 2.75) is 444 Å². The van der Waals surface area contributed by atoms with Crippen molar-refractivity contribution in [3.8, 4) is 0 Å². The lowest BCUT2D eigenvalue weighted by Gasteiger charge is -2.18. The molecule has 0 aliphatic heterocycles. The predicted molar refractivity (Wildman–Crippen MR) is 358 cm³/mol. The fourth-order valence-electron chi connectivity index (χ4n) is 11.9. The lowest BCUT2D eigenvalue weighted by Crippen LogP contribution is -2.30. The molecule has 0 saturated heterocycles. The van der Waals surface area contributed by atoms with E-state index in [1.54, 1.807) is 0 Å². The SMILES string of the molecule is CCCCCCCCCC/C=C\CCCCCCCCCCCCCC(=O)OC(COC(=O)CCCCCCCCCC)COC(=O)CCCCCCCCCCCCCCCCCCCCCCCCCCCCCCCCCCC. The van der Waals surface area contributed by atoms with E-state index in [-0.39, 0.29) is 31.1 Å². The maximum atomic E-state index is 12.9.